The zero-order valence-electron chi connectivity index (χ0n) is 21.3. The summed E-state index contributed by atoms with van der Waals surface area (Å²) >= 11 is 0. The van der Waals surface area contributed by atoms with Crippen molar-refractivity contribution in [2.75, 3.05) is 20.2 Å². The number of aromatic carboxylic acids is 1. The third kappa shape index (κ3) is 7.80. The lowest BCUT2D eigenvalue weighted by Gasteiger charge is -2.36. The fraction of sp³-hybridized carbons (Fsp3) is 0.423. The summed E-state index contributed by atoms with van der Waals surface area (Å²) in [5, 5.41) is 10.8. The van der Waals surface area contributed by atoms with Crippen LogP contribution >= 0.6 is 0 Å². The number of rotatable bonds is 10. The molecule has 1 saturated heterocycles. The highest BCUT2D eigenvalue weighted by molar-refractivity contribution is 7.89. The first-order chi connectivity index (χ1) is 17.4. The molecule has 0 radical (unpaired) electrons. The smallest absolute Gasteiger partial charge is 0.335 e. The minimum absolute atomic E-state index is 0.0578. The minimum atomic E-state index is -3.99. The molecule has 10 nitrogen and oxygen atoms in total. The largest absolute Gasteiger partial charge is 0.495 e. The number of nitrogens with one attached hydrogen (secondary N) is 1. The van der Waals surface area contributed by atoms with Gasteiger partial charge in [-0.2, -0.15) is 0 Å². The Bertz CT molecular complexity index is 1260. The standard InChI is InChI=1S/C26H32N2O8S/c1-26(2,3)36-28-14-12-22(16-20(28)17-29)35-21-8-5-18(6-9-21)11-13-27-37(32,33)24-15-19(25(30)31)7-10-23(24)34-4/h5-10,15,22,27H,11-14,16H2,1-4H3,(H,30,31). The summed E-state index contributed by atoms with van der Waals surface area (Å²) in [5.74, 6) is 1.42. The van der Waals surface area contributed by atoms with E-state index in [-0.39, 0.29) is 28.9 Å². The second kappa shape index (κ2) is 11.8. The van der Waals surface area contributed by atoms with Crippen LogP contribution in [0.5, 0.6) is 11.5 Å². The lowest BCUT2D eigenvalue weighted by molar-refractivity contribution is -0.217. The summed E-state index contributed by atoms with van der Waals surface area (Å²) in [6.45, 7) is 6.36. The molecule has 0 aromatic heterocycles. The minimum Gasteiger partial charge on any atom is -0.495 e. The van der Waals surface area contributed by atoms with E-state index in [1.807, 2.05) is 38.8 Å². The Hall–Kier alpha value is -3.37. The molecule has 0 spiro atoms. The highest BCUT2D eigenvalue weighted by Crippen LogP contribution is 2.27. The summed E-state index contributed by atoms with van der Waals surface area (Å²) in [6.07, 6.45) is 1.28. The highest BCUT2D eigenvalue weighted by atomic mass is 32.2. The van der Waals surface area contributed by atoms with Gasteiger partial charge in [0.2, 0.25) is 10.0 Å². The Balaban J connectivity index is 1.55. The zero-order chi connectivity index (χ0) is 27.2. The van der Waals surface area contributed by atoms with Gasteiger partial charge in [-0.25, -0.2) is 27.8 Å². The number of ether oxygens (including phenoxy) is 2. The first kappa shape index (κ1) is 28.2. The molecular weight excluding hydrogens is 500 g/mol. The fourth-order valence-electron chi connectivity index (χ4n) is 3.79. The number of carboxylic acid groups (broad SMARTS) is 1. The molecule has 1 heterocycles. The lowest BCUT2D eigenvalue weighted by atomic mass is 10.1. The van der Waals surface area contributed by atoms with Crippen molar-refractivity contribution in [3.05, 3.63) is 59.3 Å². The van der Waals surface area contributed by atoms with Crippen molar-refractivity contribution in [1.82, 2.24) is 9.79 Å². The van der Waals surface area contributed by atoms with Gasteiger partial charge in [0, 0.05) is 25.9 Å². The van der Waals surface area contributed by atoms with Gasteiger partial charge in [-0.15, -0.1) is 0 Å². The monoisotopic (exact) mass is 532 g/mol. The number of hydrogen-bond donors (Lipinski definition) is 2. The normalized spacial score (nSPS) is 16.3. The number of hydrogen-bond acceptors (Lipinski definition) is 8. The summed E-state index contributed by atoms with van der Waals surface area (Å²) in [6, 6.07) is 10.9. The van der Waals surface area contributed by atoms with Gasteiger partial charge in [-0.1, -0.05) is 12.1 Å². The van der Waals surface area contributed by atoms with E-state index < -0.39 is 21.6 Å². The van der Waals surface area contributed by atoms with E-state index >= 15 is 0 Å². The molecule has 11 heteroatoms. The van der Waals surface area contributed by atoms with Crippen LogP contribution in [0, 0.1) is 0 Å². The third-order valence-corrected chi connectivity index (χ3v) is 6.99. The van der Waals surface area contributed by atoms with Gasteiger partial charge in [0.25, 0.3) is 0 Å². The average Bonchev–Trinajstić information content (AvgIpc) is 2.84. The van der Waals surface area contributed by atoms with Gasteiger partial charge < -0.3 is 14.6 Å². The molecule has 0 saturated carbocycles. The summed E-state index contributed by atoms with van der Waals surface area (Å²) in [7, 11) is -2.67. The molecule has 0 aliphatic carbocycles. The van der Waals surface area contributed by atoms with Crippen LogP contribution in [0.3, 0.4) is 0 Å². The van der Waals surface area contributed by atoms with Crippen molar-refractivity contribution in [3.8, 4) is 11.5 Å². The Labute approximate surface area is 216 Å². The summed E-state index contributed by atoms with van der Waals surface area (Å²) < 4.78 is 39.1. The van der Waals surface area contributed by atoms with Gasteiger partial charge in [0.05, 0.1) is 18.3 Å². The van der Waals surface area contributed by atoms with Crippen LogP contribution in [0.15, 0.2) is 53.1 Å². The Morgan fingerprint density at radius 3 is 2.49 bits per heavy atom. The fourth-order valence-corrected chi connectivity index (χ4v) is 5.02. The van der Waals surface area contributed by atoms with Crippen molar-refractivity contribution in [3.63, 3.8) is 0 Å². The number of sulfonamides is 1. The zero-order valence-corrected chi connectivity index (χ0v) is 22.1. The first-order valence-corrected chi connectivity index (χ1v) is 13.3. The molecule has 1 fully saturated rings. The molecule has 0 amide bonds. The predicted octanol–water partition coefficient (Wildman–Crippen LogP) is 3.20. The molecule has 1 unspecified atom stereocenters. The van der Waals surface area contributed by atoms with Crippen LogP contribution in [0.2, 0.25) is 0 Å². The topological polar surface area (TPSA) is 131 Å². The van der Waals surface area contributed by atoms with E-state index in [1.165, 1.54) is 19.2 Å². The van der Waals surface area contributed by atoms with E-state index in [4.69, 9.17) is 14.3 Å². The average molecular weight is 533 g/mol. The van der Waals surface area contributed by atoms with Gasteiger partial charge in [0.1, 0.15) is 34.1 Å². The third-order valence-electron chi connectivity index (χ3n) is 5.51. The quantitative estimate of drug-likeness (QED) is 0.443. The van der Waals surface area contributed by atoms with Crippen LogP contribution in [0.25, 0.3) is 0 Å². The number of carbonyl (C=O) groups excluding carboxylic acids is 1. The second-order valence-electron chi connectivity index (χ2n) is 9.55. The van der Waals surface area contributed by atoms with Gasteiger partial charge in [0.15, 0.2) is 0 Å². The molecule has 200 valence electrons. The summed E-state index contributed by atoms with van der Waals surface area (Å²) in [4.78, 5) is 28.2. The van der Waals surface area contributed by atoms with Crippen LogP contribution in [-0.2, 0) is 26.1 Å². The van der Waals surface area contributed by atoms with Gasteiger partial charge >= 0.3 is 5.97 Å². The molecule has 2 aromatic carbocycles. The van der Waals surface area contributed by atoms with E-state index in [0.717, 1.165) is 11.6 Å². The van der Waals surface area contributed by atoms with Crippen molar-refractivity contribution in [2.45, 2.75) is 56.6 Å². The van der Waals surface area contributed by atoms with Crippen LogP contribution in [0.1, 0.15) is 49.5 Å². The van der Waals surface area contributed by atoms with Crippen molar-refractivity contribution in [1.29, 1.82) is 0 Å². The summed E-state index contributed by atoms with van der Waals surface area (Å²) in [5.41, 5.74) is 0.720. The van der Waals surface area contributed by atoms with E-state index in [0.29, 0.717) is 37.3 Å². The number of piperidine rings is 1. The first-order valence-electron chi connectivity index (χ1n) is 11.8. The second-order valence-corrected chi connectivity index (χ2v) is 11.3. The van der Waals surface area contributed by atoms with E-state index in [9.17, 15) is 23.1 Å². The predicted molar refractivity (Wildman–Crippen MR) is 136 cm³/mol. The molecular formula is C26H32N2O8S. The van der Waals surface area contributed by atoms with E-state index in [1.54, 1.807) is 17.2 Å². The molecule has 1 aliphatic heterocycles. The van der Waals surface area contributed by atoms with Crippen LogP contribution in [-0.4, -0.2) is 62.4 Å². The number of nitrogens with zero attached hydrogens (tertiary/aromatic N) is 1. The number of hydroxylamine groups is 2. The highest BCUT2D eigenvalue weighted by Gasteiger charge is 2.29. The molecule has 0 bridgehead atoms. The molecule has 37 heavy (non-hydrogen) atoms. The maximum Gasteiger partial charge on any atom is 0.335 e. The van der Waals surface area contributed by atoms with Gasteiger partial charge in [-0.3, -0.25) is 4.84 Å². The SMILES string of the molecule is COc1ccc(C(=O)O)cc1S(=O)(=O)NCCc1ccc(OC2CCN(OC(C)(C)C)C(=C=O)C2)cc1. The number of carbonyl (C=O) groups is 1. The number of methoxy groups -OCH3 is 1. The molecule has 1 aliphatic rings. The van der Waals surface area contributed by atoms with E-state index in [2.05, 4.69) is 4.72 Å². The Morgan fingerprint density at radius 2 is 1.89 bits per heavy atom. The van der Waals surface area contributed by atoms with Crippen molar-refractivity contribution in [2.24, 2.45) is 0 Å². The lowest BCUT2D eigenvalue weighted by Crippen LogP contribution is -2.41. The Kier molecular flexibility index (Phi) is 8.98. The molecule has 2 N–H and O–H groups in total. The molecule has 3 rings (SSSR count). The van der Waals surface area contributed by atoms with Crippen LogP contribution < -0.4 is 14.2 Å². The van der Waals surface area contributed by atoms with Crippen molar-refractivity contribution < 1.29 is 37.4 Å². The Morgan fingerprint density at radius 1 is 1.19 bits per heavy atom. The van der Waals surface area contributed by atoms with Crippen LogP contribution in [0.4, 0.5) is 0 Å². The maximum atomic E-state index is 12.8. The number of benzene rings is 2. The van der Waals surface area contributed by atoms with Gasteiger partial charge in [-0.05, 0) is 63.1 Å². The van der Waals surface area contributed by atoms with Crippen molar-refractivity contribution >= 4 is 21.9 Å². The number of carboxylic acids is 1. The maximum absolute atomic E-state index is 12.8. The molecule has 2 aromatic rings. The molecule has 1 atom stereocenters.